The molecule has 1 saturated carbocycles. The van der Waals surface area contributed by atoms with Crippen LogP contribution in [0.1, 0.15) is 31.2 Å². The van der Waals surface area contributed by atoms with Crippen molar-refractivity contribution in [2.75, 3.05) is 0 Å². The molecule has 2 rings (SSSR count). The van der Waals surface area contributed by atoms with Gasteiger partial charge in [-0.05, 0) is 43.4 Å². The molecule has 0 heterocycles. The van der Waals surface area contributed by atoms with E-state index in [9.17, 15) is 4.79 Å². The molecule has 3 nitrogen and oxygen atoms in total. The van der Waals surface area contributed by atoms with Crippen LogP contribution in [-0.2, 0) is 11.2 Å². The molecule has 1 fully saturated rings. The van der Waals surface area contributed by atoms with Crippen molar-refractivity contribution in [1.82, 2.24) is 5.32 Å². The summed E-state index contributed by atoms with van der Waals surface area (Å²) in [4.78, 5) is 11.9. The SMILES string of the molecule is NC1CCC(NC(=O)Cc2ccc(Cl)cc2)CC1. The highest BCUT2D eigenvalue weighted by molar-refractivity contribution is 6.30. The lowest BCUT2D eigenvalue weighted by molar-refractivity contribution is -0.121. The Morgan fingerprint density at radius 2 is 1.83 bits per heavy atom. The van der Waals surface area contributed by atoms with Gasteiger partial charge in [-0.15, -0.1) is 0 Å². The van der Waals surface area contributed by atoms with Crippen molar-refractivity contribution in [3.63, 3.8) is 0 Å². The van der Waals surface area contributed by atoms with E-state index in [4.69, 9.17) is 17.3 Å². The predicted octanol–water partition coefficient (Wildman–Crippen LogP) is 2.27. The van der Waals surface area contributed by atoms with Gasteiger partial charge >= 0.3 is 0 Å². The van der Waals surface area contributed by atoms with E-state index < -0.39 is 0 Å². The van der Waals surface area contributed by atoms with Gasteiger partial charge in [0.2, 0.25) is 5.91 Å². The average molecular weight is 267 g/mol. The van der Waals surface area contributed by atoms with Crippen LogP contribution in [0.3, 0.4) is 0 Å². The number of benzene rings is 1. The van der Waals surface area contributed by atoms with Crippen LogP contribution in [0.25, 0.3) is 0 Å². The lowest BCUT2D eigenvalue weighted by Crippen LogP contribution is -2.41. The monoisotopic (exact) mass is 266 g/mol. The quantitative estimate of drug-likeness (QED) is 0.882. The van der Waals surface area contributed by atoms with Crippen molar-refractivity contribution in [3.05, 3.63) is 34.9 Å². The van der Waals surface area contributed by atoms with E-state index >= 15 is 0 Å². The summed E-state index contributed by atoms with van der Waals surface area (Å²) >= 11 is 5.81. The highest BCUT2D eigenvalue weighted by Gasteiger charge is 2.19. The van der Waals surface area contributed by atoms with Gasteiger partial charge in [0, 0.05) is 17.1 Å². The lowest BCUT2D eigenvalue weighted by atomic mass is 9.91. The zero-order chi connectivity index (χ0) is 13.0. The summed E-state index contributed by atoms with van der Waals surface area (Å²) in [5.74, 6) is 0.0813. The van der Waals surface area contributed by atoms with Gasteiger partial charge in [-0.1, -0.05) is 23.7 Å². The van der Waals surface area contributed by atoms with E-state index in [1.54, 1.807) is 0 Å². The zero-order valence-electron chi connectivity index (χ0n) is 10.4. The van der Waals surface area contributed by atoms with E-state index in [0.717, 1.165) is 31.2 Å². The smallest absolute Gasteiger partial charge is 0.224 e. The van der Waals surface area contributed by atoms with Gasteiger partial charge < -0.3 is 11.1 Å². The molecular formula is C14H19ClN2O. The molecule has 0 saturated heterocycles. The lowest BCUT2D eigenvalue weighted by Gasteiger charge is -2.26. The summed E-state index contributed by atoms with van der Waals surface area (Å²) in [6.45, 7) is 0. The molecule has 0 unspecified atom stereocenters. The molecule has 0 atom stereocenters. The fourth-order valence-corrected chi connectivity index (χ4v) is 2.46. The maximum atomic E-state index is 11.9. The van der Waals surface area contributed by atoms with Gasteiger partial charge in [0.1, 0.15) is 0 Å². The van der Waals surface area contributed by atoms with Crippen molar-refractivity contribution in [2.45, 2.75) is 44.2 Å². The highest BCUT2D eigenvalue weighted by atomic mass is 35.5. The minimum absolute atomic E-state index is 0.0813. The first-order valence-electron chi connectivity index (χ1n) is 6.43. The second-order valence-electron chi connectivity index (χ2n) is 4.98. The molecule has 18 heavy (non-hydrogen) atoms. The van der Waals surface area contributed by atoms with E-state index in [1.165, 1.54) is 0 Å². The Morgan fingerprint density at radius 1 is 1.22 bits per heavy atom. The zero-order valence-corrected chi connectivity index (χ0v) is 11.1. The number of hydrogen-bond donors (Lipinski definition) is 2. The normalized spacial score (nSPS) is 23.7. The number of nitrogens with two attached hydrogens (primary N) is 1. The first-order chi connectivity index (χ1) is 8.63. The van der Waals surface area contributed by atoms with Crippen molar-refractivity contribution in [1.29, 1.82) is 0 Å². The molecule has 0 spiro atoms. The van der Waals surface area contributed by atoms with E-state index in [-0.39, 0.29) is 5.91 Å². The van der Waals surface area contributed by atoms with Gasteiger partial charge in [0.05, 0.1) is 6.42 Å². The third-order valence-corrected chi connectivity index (χ3v) is 3.67. The Kier molecular flexibility index (Phi) is 4.61. The van der Waals surface area contributed by atoms with Crippen LogP contribution in [0.4, 0.5) is 0 Å². The maximum absolute atomic E-state index is 11.9. The standard InChI is InChI=1S/C14H19ClN2O/c15-11-3-1-10(2-4-11)9-14(18)17-13-7-5-12(16)6-8-13/h1-4,12-13H,5-9,16H2,(H,17,18). The number of amides is 1. The molecule has 1 aromatic carbocycles. The van der Waals surface area contributed by atoms with Crippen LogP contribution in [0, 0.1) is 0 Å². The topological polar surface area (TPSA) is 55.1 Å². The van der Waals surface area contributed by atoms with Crippen molar-refractivity contribution in [2.24, 2.45) is 5.73 Å². The van der Waals surface area contributed by atoms with Gasteiger partial charge in [-0.3, -0.25) is 4.79 Å². The second-order valence-corrected chi connectivity index (χ2v) is 5.42. The first kappa shape index (κ1) is 13.4. The Bertz CT molecular complexity index is 397. The van der Waals surface area contributed by atoms with Crippen LogP contribution in [-0.4, -0.2) is 18.0 Å². The largest absolute Gasteiger partial charge is 0.353 e. The third kappa shape index (κ3) is 4.00. The summed E-state index contributed by atoms with van der Waals surface area (Å²) in [6.07, 6.45) is 4.42. The summed E-state index contributed by atoms with van der Waals surface area (Å²) in [5, 5.41) is 3.77. The predicted molar refractivity (Wildman–Crippen MR) is 73.5 cm³/mol. The van der Waals surface area contributed by atoms with Crippen molar-refractivity contribution in [3.8, 4) is 0 Å². The van der Waals surface area contributed by atoms with E-state index in [1.807, 2.05) is 24.3 Å². The number of nitrogens with one attached hydrogen (secondary N) is 1. The van der Waals surface area contributed by atoms with E-state index in [0.29, 0.717) is 23.5 Å². The van der Waals surface area contributed by atoms with Crippen LogP contribution in [0.2, 0.25) is 5.02 Å². The van der Waals surface area contributed by atoms with Gasteiger partial charge in [0.25, 0.3) is 0 Å². The van der Waals surface area contributed by atoms with Gasteiger partial charge in [-0.25, -0.2) is 0 Å². The van der Waals surface area contributed by atoms with Crippen LogP contribution < -0.4 is 11.1 Å². The maximum Gasteiger partial charge on any atom is 0.224 e. The second kappa shape index (κ2) is 6.21. The van der Waals surface area contributed by atoms with Crippen LogP contribution in [0.15, 0.2) is 24.3 Å². The minimum Gasteiger partial charge on any atom is -0.353 e. The fraction of sp³-hybridized carbons (Fsp3) is 0.500. The molecule has 0 radical (unpaired) electrons. The Hall–Kier alpha value is -1.06. The Labute approximate surface area is 113 Å². The average Bonchev–Trinajstić information content (AvgIpc) is 2.35. The summed E-state index contributed by atoms with van der Waals surface area (Å²) in [7, 11) is 0. The Balaban J connectivity index is 1.80. The summed E-state index contributed by atoms with van der Waals surface area (Å²) in [6, 6.07) is 8.00. The molecule has 1 aliphatic carbocycles. The van der Waals surface area contributed by atoms with Gasteiger partial charge in [0.15, 0.2) is 0 Å². The molecule has 0 aliphatic heterocycles. The molecule has 4 heteroatoms. The van der Waals surface area contributed by atoms with Crippen molar-refractivity contribution >= 4 is 17.5 Å². The number of carbonyl (C=O) groups is 1. The molecule has 3 N–H and O–H groups in total. The molecule has 1 aliphatic rings. The molecule has 1 aromatic rings. The highest BCUT2D eigenvalue weighted by Crippen LogP contribution is 2.17. The number of carbonyl (C=O) groups excluding carboxylic acids is 1. The molecular weight excluding hydrogens is 248 g/mol. The van der Waals surface area contributed by atoms with E-state index in [2.05, 4.69) is 5.32 Å². The fourth-order valence-electron chi connectivity index (χ4n) is 2.33. The summed E-state index contributed by atoms with van der Waals surface area (Å²) in [5.41, 5.74) is 6.83. The number of rotatable bonds is 3. The first-order valence-corrected chi connectivity index (χ1v) is 6.80. The Morgan fingerprint density at radius 3 is 2.44 bits per heavy atom. The number of halogens is 1. The molecule has 0 aromatic heterocycles. The molecule has 1 amide bonds. The molecule has 0 bridgehead atoms. The third-order valence-electron chi connectivity index (χ3n) is 3.41. The van der Waals surface area contributed by atoms with Crippen LogP contribution >= 0.6 is 11.6 Å². The van der Waals surface area contributed by atoms with Gasteiger partial charge in [-0.2, -0.15) is 0 Å². The van der Waals surface area contributed by atoms with Crippen molar-refractivity contribution < 1.29 is 4.79 Å². The summed E-state index contributed by atoms with van der Waals surface area (Å²) < 4.78 is 0. The van der Waals surface area contributed by atoms with Crippen LogP contribution in [0.5, 0.6) is 0 Å². The minimum atomic E-state index is 0.0813. The molecule has 98 valence electrons. The number of hydrogen-bond acceptors (Lipinski definition) is 2.